The van der Waals surface area contributed by atoms with Crippen LogP contribution in [0.2, 0.25) is 0 Å². The Hall–Kier alpha value is -1.24. The molecule has 0 aromatic heterocycles. The molecule has 1 rings (SSSR count). The summed E-state index contributed by atoms with van der Waals surface area (Å²) in [6, 6.07) is 8.50. The Bertz CT molecular complexity index is 228. The van der Waals surface area contributed by atoms with Crippen molar-refractivity contribution in [3.05, 3.63) is 42.5 Å². The molecular weight excluding hydrogens is 122 g/mol. The van der Waals surface area contributed by atoms with Crippen LogP contribution in [0.1, 0.15) is 5.56 Å². The fraction of sp³-hybridized carbons (Fsp3) is 0.111. The molecule has 0 aliphatic heterocycles. The van der Waals surface area contributed by atoms with Gasteiger partial charge in [-0.15, -0.1) is 6.58 Å². The van der Waals surface area contributed by atoms with Gasteiger partial charge in [0.25, 0.3) is 0 Å². The van der Waals surface area contributed by atoms with E-state index in [2.05, 4.69) is 12.6 Å². The minimum absolute atomic E-state index is 0.818. The number of rotatable bonds is 2. The summed E-state index contributed by atoms with van der Waals surface area (Å²) in [7, 11) is 0. The summed E-state index contributed by atoms with van der Waals surface area (Å²) >= 11 is 0. The van der Waals surface area contributed by atoms with Crippen molar-refractivity contribution in [3.8, 4) is 0 Å². The quantitative estimate of drug-likeness (QED) is 0.482. The van der Waals surface area contributed by atoms with Crippen LogP contribution in [0.3, 0.4) is 0 Å². The van der Waals surface area contributed by atoms with Crippen molar-refractivity contribution >= 4 is 5.69 Å². The maximum absolute atomic E-state index is 5.64. The molecule has 2 N–H and O–H groups in total. The fourth-order valence-electron chi connectivity index (χ4n) is 0.809. The number of allylic oxidation sites excluding steroid dienone is 1. The maximum Gasteiger partial charge on any atom is 0.0350 e. The summed E-state index contributed by atoms with van der Waals surface area (Å²) < 4.78 is 0. The number of hydrogen-bond donors (Lipinski definition) is 1. The van der Waals surface area contributed by atoms with E-state index in [1.54, 1.807) is 0 Å². The number of anilines is 1. The first-order chi connectivity index (χ1) is 4.84. The molecule has 0 atom stereocenters. The van der Waals surface area contributed by atoms with Crippen molar-refractivity contribution < 1.29 is 0 Å². The zero-order chi connectivity index (χ0) is 7.40. The molecule has 1 nitrogen and oxygen atoms in total. The molecule has 1 aromatic carbocycles. The summed E-state index contributed by atoms with van der Waals surface area (Å²) in [5.41, 5.74) is 7.55. The zero-order valence-electron chi connectivity index (χ0n) is 5.80. The van der Waals surface area contributed by atoms with E-state index in [1.165, 1.54) is 0 Å². The molecule has 0 unspecified atom stereocenters. The van der Waals surface area contributed by atoms with Crippen molar-refractivity contribution in [2.75, 3.05) is 5.73 Å². The molecule has 1 radical (unpaired) electrons. The molecular formula is C9H10N. The van der Waals surface area contributed by atoms with E-state index in [0.717, 1.165) is 17.7 Å². The molecule has 1 heteroatoms. The second-order valence-electron chi connectivity index (χ2n) is 2.12. The summed E-state index contributed by atoms with van der Waals surface area (Å²) in [4.78, 5) is 0. The Kier molecular flexibility index (Phi) is 2.11. The first-order valence-electron chi connectivity index (χ1n) is 3.20. The average molecular weight is 132 g/mol. The average Bonchev–Trinajstić information content (AvgIpc) is 1.94. The second-order valence-corrected chi connectivity index (χ2v) is 2.12. The standard InChI is InChI=1S/C9H10N/c1-2-5-8-6-3-4-7-9(8)10/h2,4,6-7H,1,5,10H2. The van der Waals surface area contributed by atoms with E-state index in [-0.39, 0.29) is 0 Å². The molecule has 0 saturated heterocycles. The van der Waals surface area contributed by atoms with Crippen molar-refractivity contribution in [1.82, 2.24) is 0 Å². The van der Waals surface area contributed by atoms with Crippen LogP contribution in [0, 0.1) is 6.07 Å². The van der Waals surface area contributed by atoms with Gasteiger partial charge < -0.3 is 5.73 Å². The van der Waals surface area contributed by atoms with Gasteiger partial charge in [0.05, 0.1) is 0 Å². The van der Waals surface area contributed by atoms with Crippen LogP contribution in [-0.4, -0.2) is 0 Å². The highest BCUT2D eigenvalue weighted by Gasteiger charge is 1.92. The lowest BCUT2D eigenvalue weighted by Gasteiger charge is -1.98. The SMILES string of the molecule is C=CCc1c[c]ccc1N. The minimum Gasteiger partial charge on any atom is -0.398 e. The Morgan fingerprint density at radius 3 is 3.10 bits per heavy atom. The third-order valence-corrected chi connectivity index (χ3v) is 1.35. The van der Waals surface area contributed by atoms with E-state index in [1.807, 2.05) is 24.3 Å². The molecule has 10 heavy (non-hydrogen) atoms. The second kappa shape index (κ2) is 3.06. The van der Waals surface area contributed by atoms with Crippen LogP contribution in [0.5, 0.6) is 0 Å². The van der Waals surface area contributed by atoms with Crippen molar-refractivity contribution in [3.63, 3.8) is 0 Å². The van der Waals surface area contributed by atoms with Crippen LogP contribution in [0.15, 0.2) is 30.9 Å². The van der Waals surface area contributed by atoms with E-state index in [4.69, 9.17) is 5.73 Å². The highest BCUT2D eigenvalue weighted by Crippen LogP contribution is 2.10. The number of nitrogen functional groups attached to an aromatic ring is 1. The maximum atomic E-state index is 5.64. The molecule has 0 heterocycles. The van der Waals surface area contributed by atoms with Crippen molar-refractivity contribution in [1.29, 1.82) is 0 Å². The zero-order valence-corrected chi connectivity index (χ0v) is 5.80. The van der Waals surface area contributed by atoms with Crippen molar-refractivity contribution in [2.45, 2.75) is 6.42 Å². The topological polar surface area (TPSA) is 26.0 Å². The third-order valence-electron chi connectivity index (χ3n) is 1.35. The predicted molar refractivity (Wildman–Crippen MR) is 43.6 cm³/mol. The fourth-order valence-corrected chi connectivity index (χ4v) is 0.809. The minimum atomic E-state index is 0.818. The largest absolute Gasteiger partial charge is 0.398 e. The van der Waals surface area contributed by atoms with E-state index < -0.39 is 0 Å². The summed E-state index contributed by atoms with van der Waals surface area (Å²) in [6.07, 6.45) is 2.66. The molecule has 1 aromatic rings. The smallest absolute Gasteiger partial charge is 0.0350 e. The summed E-state index contributed by atoms with van der Waals surface area (Å²) in [5.74, 6) is 0. The number of nitrogens with two attached hydrogens (primary N) is 1. The Balaban J connectivity index is 2.91. The van der Waals surface area contributed by atoms with Crippen molar-refractivity contribution in [2.24, 2.45) is 0 Å². The van der Waals surface area contributed by atoms with Gasteiger partial charge in [-0.25, -0.2) is 0 Å². The van der Waals surface area contributed by atoms with Gasteiger partial charge in [-0.3, -0.25) is 0 Å². The molecule has 51 valence electrons. The monoisotopic (exact) mass is 132 g/mol. The first-order valence-corrected chi connectivity index (χ1v) is 3.20. The van der Waals surface area contributed by atoms with Gasteiger partial charge in [-0.2, -0.15) is 0 Å². The van der Waals surface area contributed by atoms with E-state index >= 15 is 0 Å². The lowest BCUT2D eigenvalue weighted by Crippen LogP contribution is -1.91. The van der Waals surface area contributed by atoms with Gasteiger partial charge in [-0.05, 0) is 30.2 Å². The molecule has 0 fully saturated rings. The molecule has 0 bridgehead atoms. The van der Waals surface area contributed by atoms with Crippen LogP contribution in [0.25, 0.3) is 0 Å². The number of benzene rings is 1. The number of hydrogen-bond acceptors (Lipinski definition) is 1. The Morgan fingerprint density at radius 1 is 1.70 bits per heavy atom. The lowest BCUT2D eigenvalue weighted by atomic mass is 10.1. The highest BCUT2D eigenvalue weighted by molar-refractivity contribution is 5.46. The molecule has 0 spiro atoms. The highest BCUT2D eigenvalue weighted by atomic mass is 14.5. The van der Waals surface area contributed by atoms with Gasteiger partial charge in [0.1, 0.15) is 0 Å². The normalized spacial score (nSPS) is 9.20. The summed E-state index contributed by atoms with van der Waals surface area (Å²) in [6.45, 7) is 3.63. The van der Waals surface area contributed by atoms with E-state index in [0.29, 0.717) is 0 Å². The molecule has 0 aliphatic carbocycles. The van der Waals surface area contributed by atoms with Crippen LogP contribution in [0.4, 0.5) is 5.69 Å². The van der Waals surface area contributed by atoms with Gasteiger partial charge in [-0.1, -0.05) is 12.1 Å². The van der Waals surface area contributed by atoms with Gasteiger partial charge in [0.2, 0.25) is 0 Å². The third kappa shape index (κ3) is 1.38. The van der Waals surface area contributed by atoms with Gasteiger partial charge in [0, 0.05) is 5.69 Å². The first kappa shape index (κ1) is 6.87. The van der Waals surface area contributed by atoms with Gasteiger partial charge in [0.15, 0.2) is 0 Å². The molecule has 0 saturated carbocycles. The van der Waals surface area contributed by atoms with Crippen LogP contribution >= 0.6 is 0 Å². The molecule has 0 aliphatic rings. The Morgan fingerprint density at radius 2 is 2.50 bits per heavy atom. The predicted octanol–water partition coefficient (Wildman–Crippen LogP) is 1.80. The Labute approximate surface area is 61.2 Å². The van der Waals surface area contributed by atoms with Crippen LogP contribution < -0.4 is 5.73 Å². The molecule has 0 amide bonds. The van der Waals surface area contributed by atoms with Crippen LogP contribution in [-0.2, 0) is 6.42 Å². The van der Waals surface area contributed by atoms with E-state index in [9.17, 15) is 0 Å². The van der Waals surface area contributed by atoms with Gasteiger partial charge >= 0.3 is 0 Å². The lowest BCUT2D eigenvalue weighted by molar-refractivity contribution is 1.28. The summed E-state index contributed by atoms with van der Waals surface area (Å²) in [5, 5.41) is 0.